The van der Waals surface area contributed by atoms with E-state index in [1.165, 1.54) is 11.9 Å². The van der Waals surface area contributed by atoms with Crippen molar-refractivity contribution in [3.8, 4) is 0 Å². The van der Waals surface area contributed by atoms with Crippen LogP contribution in [0.15, 0.2) is 0 Å². The van der Waals surface area contributed by atoms with E-state index < -0.39 is 18.1 Å². The van der Waals surface area contributed by atoms with Crippen LogP contribution in [-0.4, -0.2) is 36.6 Å². The van der Waals surface area contributed by atoms with Gasteiger partial charge >= 0.3 is 0 Å². The van der Waals surface area contributed by atoms with Crippen LogP contribution in [-0.2, 0) is 0 Å². The van der Waals surface area contributed by atoms with E-state index in [0.717, 1.165) is 6.92 Å². The van der Waals surface area contributed by atoms with E-state index in [9.17, 15) is 13.2 Å². The van der Waals surface area contributed by atoms with Gasteiger partial charge in [-0.2, -0.15) is 0 Å². The maximum absolute atomic E-state index is 12.8. The Labute approximate surface area is 57.8 Å². The largest absolute Gasteiger partial charge is 0.297 e. The molecule has 1 fully saturated rings. The van der Waals surface area contributed by atoms with Gasteiger partial charge in [-0.15, -0.1) is 0 Å². The van der Waals surface area contributed by atoms with Gasteiger partial charge in [0.25, 0.3) is 5.92 Å². The minimum absolute atomic E-state index is 0.181. The minimum Gasteiger partial charge on any atom is -0.297 e. The van der Waals surface area contributed by atoms with Gasteiger partial charge in [-0.25, -0.2) is 13.2 Å². The molecule has 1 rings (SSSR count). The number of rotatable bonds is 0. The smallest absolute Gasteiger partial charge is 0.294 e. The number of likely N-dealkylation sites (tertiary alicyclic amines) is 1. The van der Waals surface area contributed by atoms with E-state index >= 15 is 0 Å². The van der Waals surface area contributed by atoms with E-state index in [-0.39, 0.29) is 6.54 Å². The van der Waals surface area contributed by atoms with Crippen LogP contribution in [0.1, 0.15) is 6.92 Å². The summed E-state index contributed by atoms with van der Waals surface area (Å²) < 4.78 is 38.0. The molecule has 1 atom stereocenters. The number of alkyl halides is 3. The first kappa shape index (κ1) is 7.85. The average molecular weight is 153 g/mol. The number of nitrogens with zero attached hydrogens (tertiary/aromatic N) is 1. The minimum atomic E-state index is -3.18. The fourth-order valence-corrected chi connectivity index (χ4v) is 1.18. The zero-order chi connectivity index (χ0) is 7.99. The van der Waals surface area contributed by atoms with Crippen LogP contribution in [0.3, 0.4) is 0 Å². The Kier molecular flexibility index (Phi) is 1.47. The molecule has 0 spiro atoms. The van der Waals surface area contributed by atoms with Gasteiger partial charge < -0.3 is 0 Å². The molecule has 0 amide bonds. The molecule has 0 aromatic heterocycles. The van der Waals surface area contributed by atoms with Crippen LogP contribution in [0.25, 0.3) is 0 Å². The molecule has 0 bridgehead atoms. The zero-order valence-corrected chi connectivity index (χ0v) is 6.00. The Morgan fingerprint density at radius 2 is 1.70 bits per heavy atom. The molecule has 10 heavy (non-hydrogen) atoms. The maximum atomic E-state index is 12.8. The summed E-state index contributed by atoms with van der Waals surface area (Å²) in [4.78, 5) is 1.29. The number of hydrogen-bond donors (Lipinski definition) is 0. The molecule has 1 aliphatic rings. The highest BCUT2D eigenvalue weighted by molar-refractivity contribution is 4.99. The van der Waals surface area contributed by atoms with Gasteiger partial charge in [0.05, 0.1) is 6.54 Å². The van der Waals surface area contributed by atoms with Gasteiger partial charge in [-0.05, 0) is 14.0 Å². The Balaban J connectivity index is 2.78. The lowest BCUT2D eigenvalue weighted by atomic mass is 10.1. The van der Waals surface area contributed by atoms with Gasteiger partial charge in [0.15, 0.2) is 5.67 Å². The summed E-state index contributed by atoms with van der Waals surface area (Å²) in [6.07, 6.45) is 0. The van der Waals surface area contributed by atoms with Gasteiger partial charge in [0, 0.05) is 6.54 Å². The van der Waals surface area contributed by atoms with Crippen LogP contribution < -0.4 is 0 Å². The van der Waals surface area contributed by atoms with Gasteiger partial charge in [-0.3, -0.25) is 4.90 Å². The van der Waals surface area contributed by atoms with Crippen LogP contribution in [0.4, 0.5) is 13.2 Å². The molecule has 60 valence electrons. The van der Waals surface area contributed by atoms with Crippen LogP contribution in [0, 0.1) is 0 Å². The first-order valence-electron chi connectivity index (χ1n) is 3.10. The quantitative estimate of drug-likeness (QED) is 0.507. The van der Waals surface area contributed by atoms with E-state index in [2.05, 4.69) is 0 Å². The van der Waals surface area contributed by atoms with Gasteiger partial charge in [-0.1, -0.05) is 0 Å². The molecule has 1 saturated heterocycles. The van der Waals surface area contributed by atoms with E-state index in [1.54, 1.807) is 0 Å². The SMILES string of the molecule is CN1CC(C)(F)C(F)(F)C1. The topological polar surface area (TPSA) is 3.24 Å². The number of hydrogen-bond acceptors (Lipinski definition) is 1. The van der Waals surface area contributed by atoms with Crippen molar-refractivity contribution in [2.75, 3.05) is 20.1 Å². The third kappa shape index (κ3) is 1.00. The molecule has 1 unspecified atom stereocenters. The van der Waals surface area contributed by atoms with Crippen molar-refractivity contribution >= 4 is 0 Å². The van der Waals surface area contributed by atoms with Gasteiger partial charge in [0.1, 0.15) is 0 Å². The maximum Gasteiger partial charge on any atom is 0.294 e. The van der Waals surface area contributed by atoms with Crippen LogP contribution >= 0.6 is 0 Å². The van der Waals surface area contributed by atoms with Crippen molar-refractivity contribution in [3.05, 3.63) is 0 Å². The summed E-state index contributed by atoms with van der Waals surface area (Å²) in [6, 6.07) is 0. The van der Waals surface area contributed by atoms with Gasteiger partial charge in [0.2, 0.25) is 0 Å². The van der Waals surface area contributed by atoms with Crippen molar-refractivity contribution in [1.82, 2.24) is 4.90 Å². The molecule has 4 heteroatoms. The molecule has 0 radical (unpaired) electrons. The molecule has 0 N–H and O–H groups in total. The second-order valence-corrected chi connectivity index (χ2v) is 3.07. The lowest BCUT2D eigenvalue weighted by molar-refractivity contribution is -0.0908. The normalized spacial score (nSPS) is 40.5. The monoisotopic (exact) mass is 153 g/mol. The summed E-state index contributed by atoms with van der Waals surface area (Å²) in [6.45, 7) is 0.288. The highest BCUT2D eigenvalue weighted by atomic mass is 19.3. The van der Waals surface area contributed by atoms with Crippen molar-refractivity contribution in [2.24, 2.45) is 0 Å². The predicted molar refractivity (Wildman–Crippen MR) is 32.0 cm³/mol. The molecular formula is C6H10F3N. The summed E-state index contributed by atoms with van der Waals surface area (Å²) in [7, 11) is 1.48. The van der Waals surface area contributed by atoms with E-state index in [0.29, 0.717) is 0 Å². The third-order valence-corrected chi connectivity index (χ3v) is 1.80. The second-order valence-electron chi connectivity index (χ2n) is 3.07. The third-order valence-electron chi connectivity index (χ3n) is 1.80. The van der Waals surface area contributed by atoms with Crippen molar-refractivity contribution < 1.29 is 13.2 Å². The Morgan fingerprint density at radius 3 is 1.80 bits per heavy atom. The van der Waals surface area contributed by atoms with Crippen molar-refractivity contribution in [2.45, 2.75) is 18.5 Å². The molecule has 1 heterocycles. The Morgan fingerprint density at radius 1 is 1.20 bits per heavy atom. The standard InChI is InChI=1S/C6H10F3N/c1-5(7)3-10(2)4-6(5,8)9/h3-4H2,1-2H3. The first-order valence-corrected chi connectivity index (χ1v) is 3.10. The van der Waals surface area contributed by atoms with Crippen molar-refractivity contribution in [1.29, 1.82) is 0 Å². The van der Waals surface area contributed by atoms with Crippen molar-refractivity contribution in [3.63, 3.8) is 0 Å². The fraction of sp³-hybridized carbons (Fsp3) is 1.00. The highest BCUT2D eigenvalue weighted by Crippen LogP contribution is 2.38. The average Bonchev–Trinajstić information content (AvgIpc) is 1.73. The molecule has 0 saturated carbocycles. The summed E-state index contributed by atoms with van der Waals surface area (Å²) in [5.41, 5.74) is -2.35. The molecule has 0 aromatic carbocycles. The first-order chi connectivity index (χ1) is 4.35. The summed E-state index contributed by atoms with van der Waals surface area (Å²) in [5, 5.41) is 0. The zero-order valence-electron chi connectivity index (χ0n) is 6.00. The van der Waals surface area contributed by atoms with Crippen LogP contribution in [0.2, 0.25) is 0 Å². The fourth-order valence-electron chi connectivity index (χ4n) is 1.18. The second kappa shape index (κ2) is 1.87. The predicted octanol–water partition coefficient (Wildman–Crippen LogP) is 1.30. The lowest BCUT2D eigenvalue weighted by Crippen LogP contribution is -2.39. The molecule has 0 aliphatic carbocycles. The lowest BCUT2D eigenvalue weighted by Gasteiger charge is -2.19. The molecule has 1 nitrogen and oxygen atoms in total. The Hall–Kier alpha value is -0.250. The number of halogens is 3. The van der Waals surface area contributed by atoms with E-state index in [1.807, 2.05) is 0 Å². The summed E-state index contributed by atoms with van der Waals surface area (Å²) in [5.74, 6) is -3.18. The molecular weight excluding hydrogens is 143 g/mol. The summed E-state index contributed by atoms with van der Waals surface area (Å²) >= 11 is 0. The highest BCUT2D eigenvalue weighted by Gasteiger charge is 2.57. The van der Waals surface area contributed by atoms with Crippen LogP contribution in [0.5, 0.6) is 0 Å². The van der Waals surface area contributed by atoms with E-state index in [4.69, 9.17) is 0 Å². The molecule has 0 aromatic rings. The molecule has 1 aliphatic heterocycles. The Bertz CT molecular complexity index is 128.